The molecule has 9 rings (SSSR count). The zero-order valence-corrected chi connectivity index (χ0v) is 23.2. The molecule has 0 aromatic heterocycles. The van der Waals surface area contributed by atoms with Crippen LogP contribution in [0.5, 0.6) is 0 Å². The molecule has 0 amide bonds. The summed E-state index contributed by atoms with van der Waals surface area (Å²) in [6.07, 6.45) is 18.3. The van der Waals surface area contributed by atoms with Crippen LogP contribution in [0.15, 0.2) is 30.3 Å². The summed E-state index contributed by atoms with van der Waals surface area (Å²) in [6, 6.07) is 11.6. The predicted octanol–water partition coefficient (Wildman–Crippen LogP) is 9.53. The Bertz CT molecular complexity index is 939. The molecule has 5 atom stereocenters. The van der Waals surface area contributed by atoms with Gasteiger partial charge in [0.2, 0.25) is 0 Å². The molecule has 8 fully saturated rings. The van der Waals surface area contributed by atoms with Crippen LogP contribution in [0.3, 0.4) is 0 Å². The van der Waals surface area contributed by atoms with Crippen molar-refractivity contribution in [3.8, 4) is 0 Å². The Labute approximate surface area is 211 Å². The summed E-state index contributed by atoms with van der Waals surface area (Å²) in [5.41, 5.74) is 5.63. The van der Waals surface area contributed by atoms with E-state index in [0.717, 1.165) is 11.2 Å². The summed E-state index contributed by atoms with van der Waals surface area (Å²) >= 11 is 4.08. The molecule has 33 heavy (non-hydrogen) atoms. The molecular weight excluding hydrogens is 464 g/mol. The Morgan fingerprint density at radius 1 is 0.667 bits per heavy atom. The molecule has 1 aromatic carbocycles. The molecule has 0 aliphatic heterocycles. The van der Waals surface area contributed by atoms with Crippen LogP contribution in [0.25, 0.3) is 0 Å². The molecule has 5 unspecified atom stereocenters. The van der Waals surface area contributed by atoms with Gasteiger partial charge in [-0.25, -0.2) is 0 Å². The fourth-order valence-electron chi connectivity index (χ4n) is 14.1. The molecule has 0 nitrogen and oxygen atoms in total. The van der Waals surface area contributed by atoms with E-state index in [1.165, 1.54) is 44.9 Å². The fourth-order valence-corrected chi connectivity index (χ4v) is 15.1. The van der Waals surface area contributed by atoms with Gasteiger partial charge in [0.25, 0.3) is 0 Å². The summed E-state index contributed by atoms with van der Waals surface area (Å²) in [5, 5.41) is 1.13. The van der Waals surface area contributed by atoms with Crippen LogP contribution in [-0.4, -0.2) is 5.33 Å². The summed E-state index contributed by atoms with van der Waals surface area (Å²) in [5.74, 6) is 1.68. The molecule has 8 aliphatic rings. The Morgan fingerprint density at radius 3 is 1.76 bits per heavy atom. The van der Waals surface area contributed by atoms with Gasteiger partial charge in [-0.05, 0) is 132 Å². The van der Waals surface area contributed by atoms with Crippen LogP contribution >= 0.6 is 15.9 Å². The van der Waals surface area contributed by atoms with E-state index in [-0.39, 0.29) is 0 Å². The highest BCUT2D eigenvalue weighted by Gasteiger charge is 2.74. The summed E-state index contributed by atoms with van der Waals surface area (Å²) < 4.78 is 0. The number of benzene rings is 1. The molecule has 8 bridgehead atoms. The van der Waals surface area contributed by atoms with Gasteiger partial charge in [0, 0.05) is 5.33 Å². The lowest BCUT2D eigenvalue weighted by Crippen LogP contribution is -2.69. The van der Waals surface area contributed by atoms with E-state index in [1.807, 2.05) is 0 Å². The molecule has 0 heterocycles. The van der Waals surface area contributed by atoms with Crippen LogP contribution in [-0.2, 0) is 0 Å². The van der Waals surface area contributed by atoms with Gasteiger partial charge in [0.05, 0.1) is 0 Å². The summed E-state index contributed by atoms with van der Waals surface area (Å²) in [7, 11) is 0. The van der Waals surface area contributed by atoms with Crippen molar-refractivity contribution in [2.24, 2.45) is 43.8 Å². The molecule has 0 saturated heterocycles. The van der Waals surface area contributed by atoms with Gasteiger partial charge in [-0.2, -0.15) is 0 Å². The Hall–Kier alpha value is -0.300. The Kier molecular flexibility index (Phi) is 4.21. The molecule has 8 saturated carbocycles. The highest BCUT2D eigenvalue weighted by atomic mass is 79.9. The fraction of sp³-hybridized carbons (Fsp3) is 0.812. The number of alkyl halides is 1. The summed E-state index contributed by atoms with van der Waals surface area (Å²) in [4.78, 5) is 0. The quantitative estimate of drug-likeness (QED) is 0.355. The summed E-state index contributed by atoms with van der Waals surface area (Å²) in [6.45, 7) is 10.9. The first kappa shape index (κ1) is 21.9. The molecule has 0 N–H and O–H groups in total. The average Bonchev–Trinajstić information content (AvgIpc) is 2.63. The third-order valence-electron chi connectivity index (χ3n) is 12.5. The van der Waals surface area contributed by atoms with Gasteiger partial charge in [0.1, 0.15) is 0 Å². The van der Waals surface area contributed by atoms with Crippen LogP contribution in [0.1, 0.15) is 116 Å². The highest BCUT2D eigenvalue weighted by molar-refractivity contribution is 9.09. The third-order valence-corrected chi connectivity index (χ3v) is 13.1. The van der Waals surface area contributed by atoms with Crippen molar-refractivity contribution in [1.29, 1.82) is 0 Å². The molecule has 8 aliphatic carbocycles. The number of hydrogen-bond acceptors (Lipinski definition) is 0. The maximum atomic E-state index is 4.08. The minimum Gasteiger partial charge on any atom is -0.0921 e. The van der Waals surface area contributed by atoms with E-state index in [0.29, 0.717) is 43.8 Å². The third kappa shape index (κ3) is 2.93. The minimum atomic E-state index is 0.480. The van der Waals surface area contributed by atoms with Crippen molar-refractivity contribution in [3.05, 3.63) is 35.9 Å². The molecule has 0 spiro atoms. The Balaban J connectivity index is 1.38. The Morgan fingerprint density at radius 2 is 1.21 bits per heavy atom. The lowest BCUT2D eigenvalue weighted by molar-refractivity contribution is -0.286. The molecule has 180 valence electrons. The van der Waals surface area contributed by atoms with E-state index >= 15 is 0 Å². The topological polar surface area (TPSA) is 0 Å². The van der Waals surface area contributed by atoms with Crippen molar-refractivity contribution in [2.45, 2.75) is 111 Å². The van der Waals surface area contributed by atoms with Gasteiger partial charge in [-0.1, -0.05) is 74.0 Å². The molecule has 1 heteroatoms. The van der Waals surface area contributed by atoms with Gasteiger partial charge in [-0.15, -0.1) is 0 Å². The largest absolute Gasteiger partial charge is 0.0921 e. The van der Waals surface area contributed by atoms with E-state index in [9.17, 15) is 0 Å². The van der Waals surface area contributed by atoms with E-state index in [4.69, 9.17) is 0 Å². The van der Waals surface area contributed by atoms with Crippen molar-refractivity contribution in [3.63, 3.8) is 0 Å². The zero-order chi connectivity index (χ0) is 23.0. The van der Waals surface area contributed by atoms with Gasteiger partial charge in [0.15, 0.2) is 0 Å². The van der Waals surface area contributed by atoms with E-state index < -0.39 is 0 Å². The van der Waals surface area contributed by atoms with Crippen LogP contribution in [0, 0.1) is 43.8 Å². The molecular formula is C32H45Br. The normalized spacial score (nSPS) is 56.9. The highest BCUT2D eigenvalue weighted by Crippen LogP contribution is 2.84. The van der Waals surface area contributed by atoms with Crippen molar-refractivity contribution >= 4 is 15.9 Å². The first-order valence-electron chi connectivity index (χ1n) is 14.1. The van der Waals surface area contributed by atoms with Crippen LogP contribution < -0.4 is 0 Å². The second-order valence-electron chi connectivity index (χ2n) is 16.4. The maximum Gasteiger partial charge on any atom is 0.0106 e. The van der Waals surface area contributed by atoms with Gasteiger partial charge >= 0.3 is 0 Å². The van der Waals surface area contributed by atoms with Crippen molar-refractivity contribution in [2.75, 3.05) is 5.33 Å². The smallest absolute Gasteiger partial charge is 0.0106 e. The van der Waals surface area contributed by atoms with Crippen LogP contribution in [0.2, 0.25) is 0 Å². The number of rotatable bonds is 4. The van der Waals surface area contributed by atoms with E-state index in [1.54, 1.807) is 37.7 Å². The van der Waals surface area contributed by atoms with Gasteiger partial charge in [-0.3, -0.25) is 0 Å². The lowest BCUT2D eigenvalue weighted by Gasteiger charge is -2.79. The molecule has 0 radical (unpaired) electrons. The second-order valence-corrected chi connectivity index (χ2v) is 17.0. The zero-order valence-electron chi connectivity index (χ0n) is 21.6. The minimum absolute atomic E-state index is 0.480. The van der Waals surface area contributed by atoms with E-state index in [2.05, 4.69) is 74.0 Å². The first-order valence-corrected chi connectivity index (χ1v) is 15.2. The molecule has 1 aromatic rings. The number of halogens is 1. The van der Waals surface area contributed by atoms with Crippen molar-refractivity contribution < 1.29 is 0 Å². The van der Waals surface area contributed by atoms with Crippen molar-refractivity contribution in [1.82, 2.24) is 0 Å². The SMILES string of the molecule is CC12CC3CC(C)(C1)CC(C14CC5(C)CC(C)(CC(C(CBr)c6ccccc6)(C5)C1)C4)(C3)C2. The standard InChI is InChI=1S/C32H45Br/c1-26-10-23-11-27(2,14-26)19-31(12-23,18-26)32-20-28(3)15-29(4,21-32)17-30(16-28,22-32)25(13-33)24-8-6-5-7-9-24/h5-9,23,25H,10-22H2,1-4H3. The van der Waals surface area contributed by atoms with Gasteiger partial charge < -0.3 is 0 Å². The first-order chi connectivity index (χ1) is 15.5. The van der Waals surface area contributed by atoms with Crippen LogP contribution in [0.4, 0.5) is 0 Å². The maximum absolute atomic E-state index is 4.08. The lowest BCUT2D eigenvalue weighted by atomic mass is 9.26. The monoisotopic (exact) mass is 508 g/mol. The predicted molar refractivity (Wildman–Crippen MR) is 142 cm³/mol. The second kappa shape index (κ2) is 6.33. The number of hydrogen-bond donors (Lipinski definition) is 0. The average molecular weight is 510 g/mol.